The lowest BCUT2D eigenvalue weighted by atomic mass is 10.2. The van der Waals surface area contributed by atoms with E-state index in [1.165, 1.54) is 0 Å². The molecule has 0 spiro atoms. The van der Waals surface area contributed by atoms with Crippen molar-refractivity contribution >= 4 is 5.91 Å². The maximum atomic E-state index is 12.2. The average Bonchev–Trinajstić information content (AvgIpc) is 3.43. The zero-order valence-corrected chi connectivity index (χ0v) is 14.3. The summed E-state index contributed by atoms with van der Waals surface area (Å²) in [5.74, 6) is -0.236. The fraction of sp³-hybridized carbons (Fsp3) is 0.333. The van der Waals surface area contributed by atoms with Crippen LogP contribution < -0.4 is 5.32 Å². The summed E-state index contributed by atoms with van der Waals surface area (Å²) in [7, 11) is 0. The van der Waals surface area contributed by atoms with Gasteiger partial charge in [0.1, 0.15) is 0 Å². The number of nitrogens with zero attached hydrogens (tertiary/aromatic N) is 5. The number of ether oxygens (including phenoxy) is 1. The predicted molar refractivity (Wildman–Crippen MR) is 93.7 cm³/mol. The van der Waals surface area contributed by atoms with E-state index in [2.05, 4.69) is 20.7 Å². The van der Waals surface area contributed by atoms with Gasteiger partial charge in [0.05, 0.1) is 24.5 Å². The molecule has 3 heterocycles. The molecule has 26 heavy (non-hydrogen) atoms. The topological polar surface area (TPSA) is 86.9 Å². The van der Waals surface area contributed by atoms with Crippen LogP contribution in [0.15, 0.2) is 48.9 Å². The molecule has 1 saturated heterocycles. The van der Waals surface area contributed by atoms with E-state index in [0.717, 1.165) is 30.7 Å². The van der Waals surface area contributed by atoms with Crippen LogP contribution in [0.4, 0.5) is 0 Å². The maximum absolute atomic E-state index is 12.2. The Labute approximate surface area is 150 Å². The normalized spacial score (nSPS) is 16.7. The number of nitrogens with one attached hydrogen (secondary N) is 1. The summed E-state index contributed by atoms with van der Waals surface area (Å²) >= 11 is 0. The van der Waals surface area contributed by atoms with Gasteiger partial charge in [-0.1, -0.05) is 17.3 Å². The van der Waals surface area contributed by atoms with Gasteiger partial charge in [0.25, 0.3) is 5.91 Å². The molecule has 1 atom stereocenters. The smallest absolute Gasteiger partial charge is 0.273 e. The SMILES string of the molecule is O=C(NCc1ccc(-n2cccn2)cc1)c1cn(CC2CCCO2)nn1. The summed E-state index contributed by atoms with van der Waals surface area (Å²) in [5.41, 5.74) is 2.29. The van der Waals surface area contributed by atoms with Crippen LogP contribution in [0.3, 0.4) is 0 Å². The van der Waals surface area contributed by atoms with Crippen LogP contribution >= 0.6 is 0 Å². The molecule has 1 aliphatic rings. The van der Waals surface area contributed by atoms with E-state index in [1.807, 2.05) is 36.5 Å². The van der Waals surface area contributed by atoms with Gasteiger partial charge in [0.15, 0.2) is 5.69 Å². The van der Waals surface area contributed by atoms with E-state index >= 15 is 0 Å². The van der Waals surface area contributed by atoms with E-state index in [4.69, 9.17) is 4.74 Å². The Bertz CT molecular complexity index is 850. The standard InChI is InChI=1S/C18H20N6O2/c25-18(17-13-23(22-21-17)12-16-3-1-10-26-16)19-11-14-4-6-15(7-5-14)24-9-2-8-20-24/h2,4-9,13,16H,1,3,10-12H2,(H,19,25). The van der Waals surface area contributed by atoms with Gasteiger partial charge >= 0.3 is 0 Å². The number of carbonyl (C=O) groups excluding carboxylic acids is 1. The quantitative estimate of drug-likeness (QED) is 0.728. The molecule has 1 unspecified atom stereocenters. The van der Waals surface area contributed by atoms with E-state index < -0.39 is 0 Å². The predicted octanol–water partition coefficient (Wildman–Crippen LogP) is 1.57. The van der Waals surface area contributed by atoms with Crippen molar-refractivity contribution in [2.45, 2.75) is 32.0 Å². The molecule has 1 amide bonds. The number of carbonyl (C=O) groups is 1. The highest BCUT2D eigenvalue weighted by molar-refractivity contribution is 5.91. The summed E-state index contributed by atoms with van der Waals surface area (Å²) in [4.78, 5) is 12.2. The Morgan fingerprint density at radius 1 is 1.31 bits per heavy atom. The Morgan fingerprint density at radius 2 is 2.19 bits per heavy atom. The minimum atomic E-state index is -0.236. The summed E-state index contributed by atoms with van der Waals surface area (Å²) in [6, 6.07) is 9.73. The minimum Gasteiger partial charge on any atom is -0.376 e. The molecule has 0 radical (unpaired) electrons. The van der Waals surface area contributed by atoms with Crippen LogP contribution in [0.25, 0.3) is 5.69 Å². The third-order valence-corrected chi connectivity index (χ3v) is 4.34. The molecule has 1 fully saturated rings. The van der Waals surface area contributed by atoms with E-state index in [9.17, 15) is 4.79 Å². The molecular formula is C18H20N6O2. The molecule has 0 bridgehead atoms. The second-order valence-electron chi connectivity index (χ2n) is 6.26. The average molecular weight is 352 g/mol. The second-order valence-corrected chi connectivity index (χ2v) is 6.26. The Morgan fingerprint density at radius 3 is 2.92 bits per heavy atom. The number of rotatable bonds is 6. The van der Waals surface area contributed by atoms with E-state index in [-0.39, 0.29) is 12.0 Å². The van der Waals surface area contributed by atoms with Gasteiger partial charge in [-0.15, -0.1) is 5.10 Å². The number of hydrogen-bond acceptors (Lipinski definition) is 5. The van der Waals surface area contributed by atoms with E-state index in [0.29, 0.717) is 18.8 Å². The Hall–Kier alpha value is -3.00. The zero-order chi connectivity index (χ0) is 17.8. The van der Waals surface area contributed by atoms with Crippen molar-refractivity contribution in [1.29, 1.82) is 0 Å². The highest BCUT2D eigenvalue weighted by Gasteiger charge is 2.18. The Balaban J connectivity index is 1.31. The lowest BCUT2D eigenvalue weighted by Crippen LogP contribution is -2.23. The molecule has 0 aliphatic carbocycles. The number of benzene rings is 1. The first kappa shape index (κ1) is 16.5. The van der Waals surface area contributed by atoms with Crippen molar-refractivity contribution < 1.29 is 9.53 Å². The monoisotopic (exact) mass is 352 g/mol. The highest BCUT2D eigenvalue weighted by Crippen LogP contribution is 2.13. The molecular weight excluding hydrogens is 332 g/mol. The number of aromatic nitrogens is 5. The van der Waals surface area contributed by atoms with Gasteiger partial charge in [-0.3, -0.25) is 4.79 Å². The van der Waals surface area contributed by atoms with Gasteiger partial charge in [-0.2, -0.15) is 5.10 Å². The summed E-state index contributed by atoms with van der Waals surface area (Å²) in [6.07, 6.45) is 7.55. The van der Waals surface area contributed by atoms with Crippen molar-refractivity contribution in [2.75, 3.05) is 6.61 Å². The fourth-order valence-electron chi connectivity index (χ4n) is 2.95. The first-order valence-electron chi connectivity index (χ1n) is 8.67. The maximum Gasteiger partial charge on any atom is 0.273 e. The van der Waals surface area contributed by atoms with Gasteiger partial charge in [0.2, 0.25) is 0 Å². The largest absolute Gasteiger partial charge is 0.376 e. The zero-order valence-electron chi connectivity index (χ0n) is 14.3. The molecule has 4 rings (SSSR count). The molecule has 8 nitrogen and oxygen atoms in total. The van der Waals surface area contributed by atoms with Crippen molar-refractivity contribution in [3.05, 3.63) is 60.2 Å². The van der Waals surface area contributed by atoms with Crippen LogP contribution in [0, 0.1) is 0 Å². The third-order valence-electron chi connectivity index (χ3n) is 4.34. The summed E-state index contributed by atoms with van der Waals surface area (Å²) in [5, 5.41) is 15.0. The summed E-state index contributed by atoms with van der Waals surface area (Å²) < 4.78 is 9.03. The Kier molecular flexibility index (Phi) is 4.74. The van der Waals surface area contributed by atoms with Gasteiger partial charge in [-0.05, 0) is 36.6 Å². The van der Waals surface area contributed by atoms with Crippen molar-refractivity contribution in [3.63, 3.8) is 0 Å². The van der Waals surface area contributed by atoms with Crippen molar-refractivity contribution in [3.8, 4) is 5.69 Å². The number of amides is 1. The molecule has 1 aromatic carbocycles. The lowest BCUT2D eigenvalue weighted by Gasteiger charge is -2.07. The molecule has 0 saturated carbocycles. The molecule has 2 aromatic heterocycles. The van der Waals surface area contributed by atoms with Crippen LogP contribution in [0.5, 0.6) is 0 Å². The van der Waals surface area contributed by atoms with Gasteiger partial charge in [0, 0.05) is 25.5 Å². The minimum absolute atomic E-state index is 0.168. The fourth-order valence-corrected chi connectivity index (χ4v) is 2.95. The van der Waals surface area contributed by atoms with Crippen molar-refractivity contribution in [1.82, 2.24) is 30.1 Å². The molecule has 1 N–H and O–H groups in total. The first-order valence-corrected chi connectivity index (χ1v) is 8.67. The number of hydrogen-bond donors (Lipinski definition) is 1. The van der Waals surface area contributed by atoms with Gasteiger partial charge in [-0.25, -0.2) is 9.36 Å². The lowest BCUT2D eigenvalue weighted by molar-refractivity contribution is 0.0929. The van der Waals surface area contributed by atoms with Crippen LogP contribution in [-0.2, 0) is 17.8 Å². The van der Waals surface area contributed by atoms with Gasteiger partial charge < -0.3 is 10.1 Å². The highest BCUT2D eigenvalue weighted by atomic mass is 16.5. The van der Waals surface area contributed by atoms with E-state index in [1.54, 1.807) is 21.8 Å². The van der Waals surface area contributed by atoms with Crippen LogP contribution in [0.2, 0.25) is 0 Å². The van der Waals surface area contributed by atoms with Crippen molar-refractivity contribution in [2.24, 2.45) is 0 Å². The molecule has 134 valence electrons. The second kappa shape index (κ2) is 7.49. The molecule has 8 heteroatoms. The molecule has 3 aromatic rings. The third kappa shape index (κ3) is 3.80. The molecule has 1 aliphatic heterocycles. The van der Waals surface area contributed by atoms with Crippen LogP contribution in [0.1, 0.15) is 28.9 Å². The summed E-state index contributed by atoms with van der Waals surface area (Å²) in [6.45, 7) is 1.86. The first-order chi connectivity index (χ1) is 12.8. The van der Waals surface area contributed by atoms with Crippen LogP contribution in [-0.4, -0.2) is 43.4 Å².